The molecule has 0 saturated carbocycles. The van der Waals surface area contributed by atoms with Gasteiger partial charge < -0.3 is 4.74 Å². The quantitative estimate of drug-likeness (QED) is 0.422. The molecule has 0 spiro atoms. The number of methoxy groups -OCH3 is 1. The number of nitrogens with zero attached hydrogens (tertiary/aromatic N) is 6. The highest BCUT2D eigenvalue weighted by atomic mass is 35.5. The maximum absolute atomic E-state index is 14.6. The fraction of sp³-hybridized carbons (Fsp3) is 0.250. The summed E-state index contributed by atoms with van der Waals surface area (Å²) >= 11 is 6.03. The van der Waals surface area contributed by atoms with Crippen molar-refractivity contribution in [3.8, 4) is 17.1 Å². The molecule has 0 aliphatic carbocycles. The van der Waals surface area contributed by atoms with Crippen LogP contribution in [0.15, 0.2) is 27.8 Å². The molecule has 2 heterocycles. The molecular weight excluding hydrogens is 452 g/mol. The highest BCUT2D eigenvalue weighted by Gasteiger charge is 2.35. The first-order chi connectivity index (χ1) is 14.5. The number of rotatable bonds is 4. The van der Waals surface area contributed by atoms with Crippen molar-refractivity contribution < 1.29 is 27.1 Å². The van der Waals surface area contributed by atoms with Gasteiger partial charge in [-0.25, -0.2) is 18.4 Å². The van der Waals surface area contributed by atoms with Gasteiger partial charge in [-0.15, -0.1) is 5.10 Å². The molecule has 0 radical (unpaired) electrons. The molecule has 0 aliphatic heterocycles. The van der Waals surface area contributed by atoms with E-state index in [-0.39, 0.29) is 31.6 Å². The number of alkyl halides is 3. The smallest absolute Gasteiger partial charge is 0.431 e. The summed E-state index contributed by atoms with van der Waals surface area (Å²) in [6.45, 7) is -0.441. The maximum Gasteiger partial charge on any atom is 0.431 e. The van der Waals surface area contributed by atoms with E-state index in [2.05, 4.69) is 20.3 Å². The Morgan fingerprint density at radius 2 is 1.90 bits per heavy atom. The lowest BCUT2D eigenvalue weighted by atomic mass is 10.1. The van der Waals surface area contributed by atoms with Crippen LogP contribution in [0.3, 0.4) is 0 Å². The van der Waals surface area contributed by atoms with Crippen LogP contribution in [0.5, 0.6) is 0 Å². The number of benzene rings is 1. The minimum Gasteiger partial charge on any atom is -0.468 e. The van der Waals surface area contributed by atoms with Gasteiger partial charge in [0.15, 0.2) is 5.82 Å². The zero-order valence-corrected chi connectivity index (χ0v) is 16.4. The summed E-state index contributed by atoms with van der Waals surface area (Å²) in [5, 5.41) is 10.4. The minimum absolute atomic E-state index is 0.0965. The van der Waals surface area contributed by atoms with E-state index in [1.54, 1.807) is 0 Å². The van der Waals surface area contributed by atoms with Crippen LogP contribution in [0.1, 0.15) is 5.69 Å². The second kappa shape index (κ2) is 7.94. The van der Waals surface area contributed by atoms with Crippen LogP contribution in [-0.4, -0.2) is 42.4 Å². The predicted octanol–water partition coefficient (Wildman–Crippen LogP) is 1.17. The van der Waals surface area contributed by atoms with Gasteiger partial charge in [0.2, 0.25) is 0 Å². The number of carbonyl (C=O) groups excluding carboxylic acids is 1. The van der Waals surface area contributed by atoms with Crippen molar-refractivity contribution in [3.63, 3.8) is 0 Å². The molecule has 0 aliphatic rings. The van der Waals surface area contributed by atoms with E-state index < -0.39 is 47.1 Å². The van der Waals surface area contributed by atoms with E-state index in [0.717, 1.165) is 31.0 Å². The normalized spacial score (nSPS) is 11.6. The topological polar surface area (TPSA) is 114 Å². The molecule has 164 valence electrons. The summed E-state index contributed by atoms with van der Waals surface area (Å²) in [6, 6.07) is 1.80. The van der Waals surface area contributed by atoms with Gasteiger partial charge in [-0.1, -0.05) is 11.6 Å². The number of tetrazole rings is 1. The number of esters is 1. The summed E-state index contributed by atoms with van der Waals surface area (Å²) in [7, 11) is 1.91. The average molecular weight is 463 g/mol. The van der Waals surface area contributed by atoms with Gasteiger partial charge in [-0.3, -0.25) is 14.2 Å². The molecule has 0 N–H and O–H groups in total. The van der Waals surface area contributed by atoms with E-state index in [1.165, 1.54) is 0 Å². The van der Waals surface area contributed by atoms with Crippen LogP contribution in [0, 0.1) is 5.82 Å². The van der Waals surface area contributed by atoms with Crippen molar-refractivity contribution in [2.45, 2.75) is 12.7 Å². The van der Waals surface area contributed by atoms with Crippen LogP contribution < -0.4 is 11.2 Å². The molecule has 10 nitrogen and oxygen atoms in total. The third kappa shape index (κ3) is 4.05. The lowest BCUT2D eigenvalue weighted by Crippen LogP contribution is -2.41. The molecule has 0 fully saturated rings. The zero-order valence-electron chi connectivity index (χ0n) is 15.6. The summed E-state index contributed by atoms with van der Waals surface area (Å²) in [4.78, 5) is 36.3. The van der Waals surface area contributed by atoms with Crippen molar-refractivity contribution >= 4 is 17.6 Å². The molecule has 0 bridgehead atoms. The molecular formula is C16H11ClF4N6O4. The molecule has 0 amide bonds. The Kier molecular flexibility index (Phi) is 5.67. The van der Waals surface area contributed by atoms with Gasteiger partial charge in [0.25, 0.3) is 5.56 Å². The third-order valence-corrected chi connectivity index (χ3v) is 4.48. The van der Waals surface area contributed by atoms with Crippen molar-refractivity contribution in [1.82, 2.24) is 29.3 Å². The van der Waals surface area contributed by atoms with Gasteiger partial charge in [0, 0.05) is 18.7 Å². The third-order valence-electron chi connectivity index (χ3n) is 4.17. The Morgan fingerprint density at radius 3 is 2.52 bits per heavy atom. The van der Waals surface area contributed by atoms with Crippen LogP contribution in [0.25, 0.3) is 17.1 Å². The Morgan fingerprint density at radius 1 is 1.23 bits per heavy atom. The van der Waals surface area contributed by atoms with Gasteiger partial charge >= 0.3 is 17.8 Å². The lowest BCUT2D eigenvalue weighted by molar-refractivity contribution is -0.144. The molecule has 31 heavy (non-hydrogen) atoms. The highest BCUT2D eigenvalue weighted by Crippen LogP contribution is 2.30. The number of hydrogen-bond donors (Lipinski definition) is 0. The van der Waals surface area contributed by atoms with E-state index in [4.69, 9.17) is 11.6 Å². The van der Waals surface area contributed by atoms with Gasteiger partial charge in [-0.2, -0.15) is 13.2 Å². The predicted molar refractivity (Wildman–Crippen MR) is 96.1 cm³/mol. The Hall–Kier alpha value is -3.55. The second-order valence-electron chi connectivity index (χ2n) is 6.06. The SMILES string of the molecule is COC(=O)Cn1nnnc1-c1cc(-n2c(=O)cc(C(F)(F)F)n(C)c2=O)c(F)cc1Cl. The number of aromatic nitrogens is 6. The fourth-order valence-corrected chi connectivity index (χ4v) is 2.93. The largest absolute Gasteiger partial charge is 0.468 e. The second-order valence-corrected chi connectivity index (χ2v) is 6.47. The van der Waals surface area contributed by atoms with Crippen LogP contribution in [0.4, 0.5) is 17.6 Å². The molecule has 0 atom stereocenters. The van der Waals surface area contributed by atoms with Crippen molar-refractivity contribution in [3.05, 3.63) is 55.6 Å². The lowest BCUT2D eigenvalue weighted by Gasteiger charge is -2.15. The molecule has 2 aromatic heterocycles. The van der Waals surface area contributed by atoms with Gasteiger partial charge in [0.1, 0.15) is 18.1 Å². The van der Waals surface area contributed by atoms with Crippen LogP contribution in [0.2, 0.25) is 5.02 Å². The average Bonchev–Trinajstić information content (AvgIpc) is 3.13. The molecule has 3 aromatic rings. The first kappa shape index (κ1) is 22.1. The highest BCUT2D eigenvalue weighted by molar-refractivity contribution is 6.33. The molecule has 0 unspecified atom stereocenters. The Bertz CT molecular complexity index is 1300. The first-order valence-corrected chi connectivity index (χ1v) is 8.56. The summed E-state index contributed by atoms with van der Waals surface area (Å²) < 4.78 is 59.6. The van der Waals surface area contributed by atoms with Crippen molar-refractivity contribution in [2.24, 2.45) is 7.05 Å². The van der Waals surface area contributed by atoms with E-state index in [1.807, 2.05) is 0 Å². The number of ether oxygens (including phenoxy) is 1. The molecule has 3 rings (SSSR count). The Labute approximate surface area is 174 Å². The summed E-state index contributed by atoms with van der Waals surface area (Å²) in [6.07, 6.45) is -4.98. The minimum atomic E-state index is -4.98. The van der Waals surface area contributed by atoms with Crippen LogP contribution >= 0.6 is 11.6 Å². The summed E-state index contributed by atoms with van der Waals surface area (Å²) in [5.74, 6) is -2.03. The monoisotopic (exact) mass is 462 g/mol. The molecule has 0 saturated heterocycles. The van der Waals surface area contributed by atoms with E-state index in [9.17, 15) is 31.9 Å². The number of halogens is 5. The Balaban J connectivity index is 2.25. The molecule has 1 aromatic carbocycles. The first-order valence-electron chi connectivity index (χ1n) is 8.18. The zero-order chi connectivity index (χ0) is 23.1. The fourth-order valence-electron chi connectivity index (χ4n) is 2.69. The van der Waals surface area contributed by atoms with Crippen molar-refractivity contribution in [2.75, 3.05) is 7.11 Å². The van der Waals surface area contributed by atoms with Gasteiger partial charge in [0.05, 0.1) is 17.8 Å². The van der Waals surface area contributed by atoms with E-state index in [0.29, 0.717) is 0 Å². The van der Waals surface area contributed by atoms with Gasteiger partial charge in [-0.05, 0) is 22.6 Å². The standard InChI is InChI=1S/C16H11ClF4N6O4/c1-25-11(16(19,20)21)5-12(28)27(15(25)30)10-3-7(8(17)4-9(10)18)14-22-23-24-26(14)6-13(29)31-2/h3-5H,6H2,1-2H3. The number of carbonyl (C=O) groups is 1. The van der Waals surface area contributed by atoms with Crippen molar-refractivity contribution in [1.29, 1.82) is 0 Å². The molecule has 15 heteroatoms. The number of hydrogen-bond acceptors (Lipinski definition) is 7. The maximum atomic E-state index is 14.6. The van der Waals surface area contributed by atoms with E-state index >= 15 is 0 Å². The summed E-state index contributed by atoms with van der Waals surface area (Å²) in [5.41, 5.74) is -5.15. The van der Waals surface area contributed by atoms with Crippen LogP contribution in [-0.2, 0) is 29.3 Å².